The summed E-state index contributed by atoms with van der Waals surface area (Å²) in [7, 11) is 0. The molecule has 3 aliphatic rings. The standard InChI is InChI=1S/C29H33NO3/c31-28(32)16-10-2-1-9-15-26-22-17-19-23(20-18-22)27(26)21-30-33-29(24-11-5-3-6-12-24)25-13-7-4-8-14-25/h1,3-9,11-14,17,19,21-23,26-27,29H,2,10,15-16,18,20H2,(H,31,32)/b9-1-,30-21+/t22-,23+,26+,27+/m0/s1. The van der Waals surface area contributed by atoms with Crippen molar-refractivity contribution >= 4 is 12.2 Å². The fourth-order valence-corrected chi connectivity index (χ4v) is 5.17. The van der Waals surface area contributed by atoms with Gasteiger partial charge in [-0.15, -0.1) is 0 Å². The highest BCUT2D eigenvalue weighted by atomic mass is 16.6. The van der Waals surface area contributed by atoms with Gasteiger partial charge in [0.05, 0.1) is 0 Å². The summed E-state index contributed by atoms with van der Waals surface area (Å²) >= 11 is 0. The number of carboxylic acid groups (broad SMARTS) is 1. The third kappa shape index (κ3) is 6.22. The summed E-state index contributed by atoms with van der Waals surface area (Å²) in [6.07, 6.45) is 16.1. The zero-order valence-corrected chi connectivity index (χ0v) is 19.0. The monoisotopic (exact) mass is 443 g/mol. The van der Waals surface area contributed by atoms with Gasteiger partial charge in [0.25, 0.3) is 0 Å². The van der Waals surface area contributed by atoms with Gasteiger partial charge < -0.3 is 9.94 Å². The van der Waals surface area contributed by atoms with Gasteiger partial charge in [0.15, 0.2) is 6.10 Å². The Kier molecular flexibility index (Phi) is 8.13. The summed E-state index contributed by atoms with van der Waals surface area (Å²) in [5.74, 6) is 1.25. The van der Waals surface area contributed by atoms with Crippen molar-refractivity contribution in [3.05, 3.63) is 96.1 Å². The largest absolute Gasteiger partial charge is 0.481 e. The summed E-state index contributed by atoms with van der Waals surface area (Å²) in [6, 6.07) is 20.5. The quantitative estimate of drug-likeness (QED) is 0.180. The Morgan fingerprint density at radius 2 is 1.61 bits per heavy atom. The lowest BCUT2D eigenvalue weighted by Crippen LogP contribution is -2.37. The van der Waals surface area contributed by atoms with Gasteiger partial charge in [0, 0.05) is 18.6 Å². The lowest BCUT2D eigenvalue weighted by Gasteiger charge is -2.43. The van der Waals surface area contributed by atoms with E-state index in [1.807, 2.05) is 42.6 Å². The van der Waals surface area contributed by atoms with Crippen molar-refractivity contribution in [2.75, 3.05) is 0 Å². The molecule has 2 bridgehead atoms. The van der Waals surface area contributed by atoms with Crippen LogP contribution in [-0.2, 0) is 9.63 Å². The maximum atomic E-state index is 10.7. The zero-order chi connectivity index (χ0) is 22.9. The number of oxime groups is 1. The van der Waals surface area contributed by atoms with Crippen LogP contribution in [0.2, 0.25) is 0 Å². The number of carbonyl (C=O) groups is 1. The number of rotatable bonds is 11. The predicted octanol–water partition coefficient (Wildman–Crippen LogP) is 6.81. The van der Waals surface area contributed by atoms with Crippen LogP contribution >= 0.6 is 0 Å². The molecule has 0 aromatic heterocycles. The lowest BCUT2D eigenvalue weighted by molar-refractivity contribution is -0.137. The van der Waals surface area contributed by atoms with Gasteiger partial charge in [-0.3, -0.25) is 4.79 Å². The molecule has 1 N–H and O–H groups in total. The molecule has 0 unspecified atom stereocenters. The number of carboxylic acids is 1. The molecule has 2 aromatic rings. The van der Waals surface area contributed by atoms with Crippen LogP contribution in [0.5, 0.6) is 0 Å². The van der Waals surface area contributed by atoms with Crippen LogP contribution in [0, 0.1) is 23.7 Å². The molecular weight excluding hydrogens is 410 g/mol. The highest BCUT2D eigenvalue weighted by Crippen LogP contribution is 2.45. The molecule has 1 saturated carbocycles. The second-order valence-electron chi connectivity index (χ2n) is 9.09. The van der Waals surface area contributed by atoms with Crippen molar-refractivity contribution in [1.29, 1.82) is 0 Å². The summed E-state index contributed by atoms with van der Waals surface area (Å²) < 4.78 is 0. The molecule has 0 aliphatic heterocycles. The Bertz CT molecular complexity index is 927. The van der Waals surface area contributed by atoms with Crippen LogP contribution < -0.4 is 0 Å². The third-order valence-electron chi connectivity index (χ3n) is 6.92. The number of allylic oxidation sites excluding steroid dienone is 4. The van der Waals surface area contributed by atoms with Crippen LogP contribution in [0.4, 0.5) is 0 Å². The first kappa shape index (κ1) is 23.0. The first-order chi connectivity index (χ1) is 16.2. The van der Waals surface area contributed by atoms with E-state index in [9.17, 15) is 4.79 Å². The van der Waals surface area contributed by atoms with Crippen molar-refractivity contribution in [2.45, 2.75) is 44.6 Å². The van der Waals surface area contributed by atoms with Crippen molar-refractivity contribution in [2.24, 2.45) is 28.8 Å². The molecule has 5 rings (SSSR count). The molecule has 172 valence electrons. The predicted molar refractivity (Wildman–Crippen MR) is 132 cm³/mol. The molecular formula is C29H33NO3. The molecule has 2 aromatic carbocycles. The van der Waals surface area contributed by atoms with E-state index in [4.69, 9.17) is 9.94 Å². The number of hydrogen-bond acceptors (Lipinski definition) is 3. The van der Waals surface area contributed by atoms with Gasteiger partial charge in [-0.2, -0.15) is 0 Å². The van der Waals surface area contributed by atoms with Crippen LogP contribution in [0.15, 0.2) is 90.1 Å². The third-order valence-corrected chi connectivity index (χ3v) is 6.92. The second kappa shape index (κ2) is 11.6. The van der Waals surface area contributed by atoms with Crippen LogP contribution in [-0.4, -0.2) is 17.3 Å². The van der Waals surface area contributed by atoms with Crippen molar-refractivity contribution in [3.8, 4) is 0 Å². The summed E-state index contributed by atoms with van der Waals surface area (Å²) in [4.78, 5) is 16.8. The van der Waals surface area contributed by atoms with Crippen LogP contribution in [0.1, 0.15) is 55.8 Å². The van der Waals surface area contributed by atoms with E-state index in [-0.39, 0.29) is 12.5 Å². The van der Waals surface area contributed by atoms with Crippen LogP contribution in [0.3, 0.4) is 0 Å². The Morgan fingerprint density at radius 3 is 2.21 bits per heavy atom. The number of fused-ring (bicyclic) bond motifs is 2. The van der Waals surface area contributed by atoms with Gasteiger partial charge >= 0.3 is 5.97 Å². The molecule has 0 heterocycles. The van der Waals surface area contributed by atoms with Crippen LogP contribution in [0.25, 0.3) is 0 Å². The number of aliphatic carboxylic acids is 1. The topological polar surface area (TPSA) is 58.9 Å². The molecule has 0 amide bonds. The summed E-state index contributed by atoms with van der Waals surface area (Å²) in [5, 5.41) is 13.3. The molecule has 33 heavy (non-hydrogen) atoms. The SMILES string of the molecule is O=C(O)CCC/C=C\C[C@H]1[C@H](/C=N/OC(c2ccccc2)c2ccccc2)[C@@H]2C=C[C@H]1CC2. The number of benzene rings is 2. The molecule has 1 fully saturated rings. The van der Waals surface area contributed by atoms with E-state index in [2.05, 4.69) is 53.7 Å². The van der Waals surface area contributed by atoms with Crippen molar-refractivity contribution in [3.63, 3.8) is 0 Å². The minimum atomic E-state index is -0.723. The summed E-state index contributed by atoms with van der Waals surface area (Å²) in [6.45, 7) is 0. The highest BCUT2D eigenvalue weighted by Gasteiger charge is 2.39. The number of unbranched alkanes of at least 4 members (excludes halogenated alkanes) is 1. The van der Waals surface area contributed by atoms with Crippen molar-refractivity contribution < 1.29 is 14.7 Å². The van der Waals surface area contributed by atoms with E-state index < -0.39 is 5.97 Å². The fraction of sp³-hybridized carbons (Fsp3) is 0.379. The fourth-order valence-electron chi connectivity index (χ4n) is 5.17. The molecule has 0 spiro atoms. The molecule has 4 nitrogen and oxygen atoms in total. The zero-order valence-electron chi connectivity index (χ0n) is 19.0. The Morgan fingerprint density at radius 1 is 0.970 bits per heavy atom. The van der Waals surface area contributed by atoms with Gasteiger partial charge in [-0.1, -0.05) is 90.1 Å². The molecule has 4 atom stereocenters. The van der Waals surface area contributed by atoms with Gasteiger partial charge in [-0.05, 0) is 61.0 Å². The van der Waals surface area contributed by atoms with Gasteiger partial charge in [-0.25, -0.2) is 0 Å². The number of nitrogens with zero attached hydrogens (tertiary/aromatic N) is 1. The van der Waals surface area contributed by atoms with Crippen molar-refractivity contribution in [1.82, 2.24) is 0 Å². The van der Waals surface area contributed by atoms with E-state index in [1.54, 1.807) is 0 Å². The number of hydrogen-bond donors (Lipinski definition) is 1. The Balaban J connectivity index is 1.42. The Hall–Kier alpha value is -3.14. The minimum Gasteiger partial charge on any atom is -0.481 e. The second-order valence-corrected chi connectivity index (χ2v) is 9.09. The summed E-state index contributed by atoms with van der Waals surface area (Å²) in [5.41, 5.74) is 2.18. The highest BCUT2D eigenvalue weighted by molar-refractivity contribution is 5.66. The molecule has 0 saturated heterocycles. The molecule has 3 aliphatic carbocycles. The van der Waals surface area contributed by atoms with E-state index >= 15 is 0 Å². The van der Waals surface area contributed by atoms with E-state index in [1.165, 1.54) is 12.8 Å². The average molecular weight is 444 g/mol. The molecule has 0 radical (unpaired) electrons. The van der Waals surface area contributed by atoms with Gasteiger partial charge in [0.1, 0.15) is 0 Å². The first-order valence-electron chi connectivity index (χ1n) is 12.1. The lowest BCUT2D eigenvalue weighted by atomic mass is 9.62. The average Bonchev–Trinajstić information content (AvgIpc) is 2.86. The van der Waals surface area contributed by atoms with Gasteiger partial charge in [0.2, 0.25) is 0 Å². The maximum Gasteiger partial charge on any atom is 0.303 e. The minimum absolute atomic E-state index is 0.229. The van der Waals surface area contributed by atoms with E-state index in [0.717, 1.165) is 24.0 Å². The first-order valence-corrected chi connectivity index (χ1v) is 12.1. The van der Waals surface area contributed by atoms with E-state index in [0.29, 0.717) is 30.1 Å². The smallest absolute Gasteiger partial charge is 0.303 e. The maximum absolute atomic E-state index is 10.7. The Labute approximate surface area is 196 Å². The molecule has 4 heteroatoms. The normalized spacial score (nSPS) is 24.2.